The molecule has 0 aliphatic carbocycles. The molecule has 0 fully saturated rings. The summed E-state index contributed by atoms with van der Waals surface area (Å²) in [5, 5.41) is 26.7. The Hall–Kier alpha value is -3.42. The number of hydrogen-bond donors (Lipinski definition) is 4. The molecular formula is C23H28N4O4. The summed E-state index contributed by atoms with van der Waals surface area (Å²) < 4.78 is 11.5. The van der Waals surface area contributed by atoms with Crippen LogP contribution < -0.4 is 20.1 Å². The minimum Gasteiger partial charge on any atom is -0.507 e. The first kappa shape index (κ1) is 20.8. The van der Waals surface area contributed by atoms with Crippen LogP contribution in [0.2, 0.25) is 0 Å². The van der Waals surface area contributed by atoms with Gasteiger partial charge in [-0.15, -0.1) is 0 Å². The van der Waals surface area contributed by atoms with E-state index in [2.05, 4.69) is 20.6 Å². The molecule has 2 aromatic rings. The Balaban J connectivity index is 1.13. The number of nitrogens with zero attached hydrogens (tertiary/aromatic N) is 2. The van der Waals surface area contributed by atoms with E-state index in [1.54, 1.807) is 12.1 Å². The molecule has 2 aliphatic rings. The van der Waals surface area contributed by atoms with Crippen LogP contribution in [0.5, 0.6) is 23.0 Å². The zero-order valence-electron chi connectivity index (χ0n) is 17.4. The third kappa shape index (κ3) is 5.39. The lowest BCUT2D eigenvalue weighted by Crippen LogP contribution is -2.19. The van der Waals surface area contributed by atoms with E-state index < -0.39 is 0 Å². The second kappa shape index (κ2) is 10.1. The molecule has 0 aromatic heterocycles. The van der Waals surface area contributed by atoms with Crippen molar-refractivity contribution in [3.8, 4) is 23.0 Å². The molecule has 4 N–H and O–H groups in total. The first-order chi connectivity index (χ1) is 15.2. The lowest BCUT2D eigenvalue weighted by atomic mass is 10.1. The number of phenolic OH excluding ortho intramolecular Hbond substituents is 2. The second-order valence-electron chi connectivity index (χ2n) is 7.43. The van der Waals surface area contributed by atoms with Gasteiger partial charge >= 0.3 is 0 Å². The Kier molecular flexibility index (Phi) is 6.76. The van der Waals surface area contributed by atoms with Gasteiger partial charge in [0.05, 0.1) is 37.4 Å². The SMILES string of the molecule is Oc1cc(OCCCCCOc2ccc(C3=NCCN3)c(O)c2)ccc1C1=NCCN1. The summed E-state index contributed by atoms with van der Waals surface area (Å²) in [6.45, 7) is 4.21. The van der Waals surface area contributed by atoms with Gasteiger partial charge in [-0.3, -0.25) is 9.98 Å². The van der Waals surface area contributed by atoms with Crippen molar-refractivity contribution in [2.75, 3.05) is 39.4 Å². The van der Waals surface area contributed by atoms with Crippen LogP contribution >= 0.6 is 0 Å². The Bertz CT molecular complexity index is 897. The maximum atomic E-state index is 10.2. The summed E-state index contributed by atoms with van der Waals surface area (Å²) in [6, 6.07) is 10.6. The maximum absolute atomic E-state index is 10.2. The van der Waals surface area contributed by atoms with Crippen LogP contribution in [0.3, 0.4) is 0 Å². The normalized spacial score (nSPS) is 15.1. The second-order valence-corrected chi connectivity index (χ2v) is 7.43. The number of amidine groups is 2. The minimum absolute atomic E-state index is 0.170. The molecule has 0 spiro atoms. The number of nitrogens with one attached hydrogen (secondary N) is 2. The summed E-state index contributed by atoms with van der Waals surface area (Å²) in [5.74, 6) is 3.10. The number of ether oxygens (including phenoxy) is 2. The largest absolute Gasteiger partial charge is 0.507 e. The van der Waals surface area contributed by atoms with Gasteiger partial charge in [-0.1, -0.05) is 0 Å². The molecule has 0 unspecified atom stereocenters. The average molecular weight is 425 g/mol. The monoisotopic (exact) mass is 424 g/mol. The molecule has 2 aliphatic heterocycles. The molecule has 2 heterocycles. The van der Waals surface area contributed by atoms with Crippen molar-refractivity contribution in [3.63, 3.8) is 0 Å². The van der Waals surface area contributed by atoms with Gasteiger partial charge in [-0.2, -0.15) is 0 Å². The number of rotatable bonds is 10. The Morgan fingerprint density at radius 3 is 1.58 bits per heavy atom. The van der Waals surface area contributed by atoms with E-state index in [9.17, 15) is 10.2 Å². The maximum Gasteiger partial charge on any atom is 0.132 e. The first-order valence-electron chi connectivity index (χ1n) is 10.7. The van der Waals surface area contributed by atoms with Gasteiger partial charge in [0.2, 0.25) is 0 Å². The summed E-state index contributed by atoms with van der Waals surface area (Å²) in [6.07, 6.45) is 2.72. The Morgan fingerprint density at radius 1 is 0.710 bits per heavy atom. The lowest BCUT2D eigenvalue weighted by molar-refractivity contribution is 0.278. The Morgan fingerprint density at radius 2 is 1.19 bits per heavy atom. The van der Waals surface area contributed by atoms with Gasteiger partial charge in [0, 0.05) is 25.2 Å². The van der Waals surface area contributed by atoms with E-state index in [1.165, 1.54) is 0 Å². The molecule has 164 valence electrons. The molecule has 8 heteroatoms. The predicted octanol–water partition coefficient (Wildman–Crippen LogP) is 2.43. The van der Waals surface area contributed by atoms with E-state index in [1.807, 2.05) is 24.3 Å². The smallest absolute Gasteiger partial charge is 0.132 e. The van der Waals surface area contributed by atoms with E-state index in [4.69, 9.17) is 9.47 Å². The number of hydrogen-bond acceptors (Lipinski definition) is 8. The van der Waals surface area contributed by atoms with Crippen molar-refractivity contribution in [3.05, 3.63) is 47.5 Å². The lowest BCUT2D eigenvalue weighted by Gasteiger charge is -2.11. The van der Waals surface area contributed by atoms with Crippen molar-refractivity contribution in [2.24, 2.45) is 9.98 Å². The molecule has 8 nitrogen and oxygen atoms in total. The zero-order valence-corrected chi connectivity index (χ0v) is 17.4. The topological polar surface area (TPSA) is 108 Å². The number of phenols is 2. The molecule has 2 aromatic carbocycles. The van der Waals surface area contributed by atoms with Crippen LogP contribution in [0.4, 0.5) is 0 Å². The highest BCUT2D eigenvalue weighted by Crippen LogP contribution is 2.26. The van der Waals surface area contributed by atoms with Gasteiger partial charge in [-0.05, 0) is 43.5 Å². The molecule has 31 heavy (non-hydrogen) atoms. The van der Waals surface area contributed by atoms with Crippen LogP contribution in [0.15, 0.2) is 46.4 Å². The van der Waals surface area contributed by atoms with Crippen molar-refractivity contribution >= 4 is 11.7 Å². The molecule has 0 saturated carbocycles. The van der Waals surface area contributed by atoms with E-state index >= 15 is 0 Å². The van der Waals surface area contributed by atoms with E-state index in [0.29, 0.717) is 35.8 Å². The van der Waals surface area contributed by atoms with Crippen LogP contribution in [0, 0.1) is 0 Å². The number of aliphatic imine (C=N–C) groups is 2. The molecule has 4 rings (SSSR count). The van der Waals surface area contributed by atoms with Crippen LogP contribution in [-0.2, 0) is 0 Å². The van der Waals surface area contributed by atoms with Gasteiger partial charge in [0.15, 0.2) is 0 Å². The first-order valence-corrected chi connectivity index (χ1v) is 10.7. The van der Waals surface area contributed by atoms with Crippen molar-refractivity contribution in [1.29, 1.82) is 0 Å². The highest BCUT2D eigenvalue weighted by atomic mass is 16.5. The van der Waals surface area contributed by atoms with Crippen LogP contribution in [0.25, 0.3) is 0 Å². The van der Waals surface area contributed by atoms with Gasteiger partial charge in [0.1, 0.15) is 34.7 Å². The minimum atomic E-state index is 0.170. The number of unbranched alkanes of at least 4 members (excludes halogenated alkanes) is 2. The molecule has 0 amide bonds. The quantitative estimate of drug-likeness (QED) is 0.437. The molecular weight excluding hydrogens is 396 g/mol. The third-order valence-corrected chi connectivity index (χ3v) is 5.12. The zero-order chi connectivity index (χ0) is 21.5. The summed E-state index contributed by atoms with van der Waals surface area (Å²) in [7, 11) is 0. The fourth-order valence-electron chi connectivity index (χ4n) is 3.52. The molecule has 0 saturated heterocycles. The molecule has 0 radical (unpaired) electrons. The van der Waals surface area contributed by atoms with Gasteiger partial charge in [0.25, 0.3) is 0 Å². The fraction of sp³-hybridized carbons (Fsp3) is 0.391. The van der Waals surface area contributed by atoms with Crippen LogP contribution in [-0.4, -0.2) is 61.3 Å². The standard InChI is InChI=1S/C23H28N4O4/c28-20-14-16(4-6-18(20)22-24-8-9-25-22)30-12-2-1-3-13-31-17-5-7-19(21(29)15-17)23-26-10-11-27-23/h4-7,14-15,28-29H,1-3,8-13H2,(H,24,25)(H,26,27). The Labute approximate surface area is 181 Å². The summed E-state index contributed by atoms with van der Waals surface area (Å²) in [5.41, 5.74) is 1.40. The highest BCUT2D eigenvalue weighted by molar-refractivity contribution is 6.02. The van der Waals surface area contributed by atoms with Gasteiger partial charge in [-0.25, -0.2) is 0 Å². The van der Waals surface area contributed by atoms with Crippen molar-refractivity contribution in [1.82, 2.24) is 10.6 Å². The summed E-state index contributed by atoms with van der Waals surface area (Å²) in [4.78, 5) is 8.64. The van der Waals surface area contributed by atoms with Gasteiger partial charge < -0.3 is 30.3 Å². The van der Waals surface area contributed by atoms with Crippen molar-refractivity contribution in [2.45, 2.75) is 19.3 Å². The predicted molar refractivity (Wildman–Crippen MR) is 120 cm³/mol. The van der Waals surface area contributed by atoms with E-state index in [-0.39, 0.29) is 11.5 Å². The molecule has 0 atom stereocenters. The van der Waals surface area contributed by atoms with Crippen LogP contribution in [0.1, 0.15) is 30.4 Å². The van der Waals surface area contributed by atoms with Crippen molar-refractivity contribution < 1.29 is 19.7 Å². The fourth-order valence-corrected chi connectivity index (χ4v) is 3.52. The number of benzene rings is 2. The third-order valence-electron chi connectivity index (χ3n) is 5.12. The average Bonchev–Trinajstić information content (AvgIpc) is 3.48. The summed E-state index contributed by atoms with van der Waals surface area (Å²) >= 11 is 0. The van der Waals surface area contributed by atoms with E-state index in [0.717, 1.165) is 57.1 Å². The number of aromatic hydroxyl groups is 2. The molecule has 0 bridgehead atoms. The highest BCUT2D eigenvalue weighted by Gasteiger charge is 2.14.